The molecule has 0 aromatic heterocycles. The first-order chi connectivity index (χ1) is 9.65. The van der Waals surface area contributed by atoms with Gasteiger partial charge in [0.05, 0.1) is 0 Å². The summed E-state index contributed by atoms with van der Waals surface area (Å²) in [7, 11) is 0. The average Bonchev–Trinajstić information content (AvgIpc) is 2.91. The summed E-state index contributed by atoms with van der Waals surface area (Å²) in [5.74, 6) is 2.08. The molecule has 2 aliphatic rings. The van der Waals surface area contributed by atoms with Crippen molar-refractivity contribution in [3.63, 3.8) is 0 Å². The van der Waals surface area contributed by atoms with Gasteiger partial charge < -0.3 is 15.0 Å². The van der Waals surface area contributed by atoms with E-state index >= 15 is 0 Å². The van der Waals surface area contributed by atoms with Crippen LogP contribution in [0.3, 0.4) is 0 Å². The van der Waals surface area contributed by atoms with E-state index in [1.807, 2.05) is 0 Å². The lowest BCUT2D eigenvalue weighted by Crippen LogP contribution is -2.39. The minimum atomic E-state index is 0.359. The number of carbonyl (C=O) groups excluding carboxylic acids is 1. The van der Waals surface area contributed by atoms with Crippen LogP contribution in [-0.4, -0.2) is 50.2 Å². The maximum absolute atomic E-state index is 12.6. The molecule has 0 aliphatic carbocycles. The molecule has 1 amide bonds. The SMILES string of the molecule is CC(C)CN(CC1CCNC1)C(=O)CC1CCOCC1. The monoisotopic (exact) mass is 282 g/mol. The standard InChI is InChI=1S/C16H30N2O2/c1-13(2)11-18(12-15-3-6-17-10-15)16(19)9-14-4-7-20-8-5-14/h13-15,17H,3-12H2,1-2H3. The van der Waals surface area contributed by atoms with Gasteiger partial charge in [-0.25, -0.2) is 0 Å². The molecule has 1 N–H and O–H groups in total. The minimum absolute atomic E-state index is 0.359. The van der Waals surface area contributed by atoms with Gasteiger partial charge in [-0.1, -0.05) is 13.8 Å². The second-order valence-corrected chi connectivity index (χ2v) is 6.81. The third kappa shape index (κ3) is 5.06. The molecular formula is C16H30N2O2. The largest absolute Gasteiger partial charge is 0.381 e. The van der Waals surface area contributed by atoms with E-state index in [1.165, 1.54) is 6.42 Å². The molecule has 4 heteroatoms. The molecular weight excluding hydrogens is 252 g/mol. The smallest absolute Gasteiger partial charge is 0.222 e. The van der Waals surface area contributed by atoms with Crippen molar-refractivity contribution in [2.75, 3.05) is 39.4 Å². The number of amides is 1. The number of nitrogens with zero attached hydrogens (tertiary/aromatic N) is 1. The van der Waals surface area contributed by atoms with Crippen LogP contribution in [0.5, 0.6) is 0 Å². The summed E-state index contributed by atoms with van der Waals surface area (Å²) in [6, 6.07) is 0. The Morgan fingerprint density at radius 1 is 1.25 bits per heavy atom. The number of rotatable bonds is 6. The normalized spacial score (nSPS) is 24.2. The van der Waals surface area contributed by atoms with E-state index in [0.29, 0.717) is 23.7 Å². The zero-order valence-electron chi connectivity index (χ0n) is 13.1. The first-order valence-electron chi connectivity index (χ1n) is 8.21. The summed E-state index contributed by atoms with van der Waals surface area (Å²) in [4.78, 5) is 14.7. The first kappa shape index (κ1) is 15.8. The first-order valence-corrected chi connectivity index (χ1v) is 8.21. The fourth-order valence-electron chi connectivity index (χ4n) is 3.23. The Morgan fingerprint density at radius 2 is 2.00 bits per heavy atom. The molecule has 1 unspecified atom stereocenters. The molecule has 20 heavy (non-hydrogen) atoms. The van der Waals surface area contributed by atoms with Gasteiger partial charge >= 0.3 is 0 Å². The summed E-state index contributed by atoms with van der Waals surface area (Å²) in [5.41, 5.74) is 0. The highest BCUT2D eigenvalue weighted by atomic mass is 16.5. The lowest BCUT2D eigenvalue weighted by Gasteiger charge is -2.30. The van der Waals surface area contributed by atoms with Gasteiger partial charge in [0.15, 0.2) is 0 Å². The molecule has 1 atom stereocenters. The second-order valence-electron chi connectivity index (χ2n) is 6.81. The predicted molar refractivity (Wildman–Crippen MR) is 80.6 cm³/mol. The van der Waals surface area contributed by atoms with E-state index in [9.17, 15) is 4.79 Å². The van der Waals surface area contributed by atoms with Gasteiger partial charge in [0.2, 0.25) is 5.91 Å². The van der Waals surface area contributed by atoms with Crippen LogP contribution < -0.4 is 5.32 Å². The van der Waals surface area contributed by atoms with E-state index in [2.05, 4.69) is 24.1 Å². The van der Waals surface area contributed by atoms with Crippen LogP contribution in [0.4, 0.5) is 0 Å². The molecule has 0 aromatic carbocycles. The predicted octanol–water partition coefficient (Wildman–Crippen LogP) is 1.90. The van der Waals surface area contributed by atoms with Crippen LogP contribution >= 0.6 is 0 Å². The molecule has 2 rings (SSSR count). The van der Waals surface area contributed by atoms with Crippen molar-refractivity contribution >= 4 is 5.91 Å². The van der Waals surface area contributed by atoms with Crippen LogP contribution in [0.25, 0.3) is 0 Å². The van der Waals surface area contributed by atoms with E-state index in [0.717, 1.165) is 58.7 Å². The molecule has 2 fully saturated rings. The molecule has 0 aromatic rings. The number of nitrogens with one attached hydrogen (secondary N) is 1. The van der Waals surface area contributed by atoms with E-state index in [4.69, 9.17) is 4.74 Å². The van der Waals surface area contributed by atoms with Crippen LogP contribution in [0.1, 0.15) is 39.5 Å². The maximum atomic E-state index is 12.6. The molecule has 2 saturated heterocycles. The van der Waals surface area contributed by atoms with Crippen LogP contribution in [0, 0.1) is 17.8 Å². The Labute approximate surface area is 123 Å². The number of ether oxygens (including phenoxy) is 1. The fraction of sp³-hybridized carbons (Fsp3) is 0.938. The van der Waals surface area contributed by atoms with Crippen molar-refractivity contribution in [1.82, 2.24) is 10.2 Å². The van der Waals surface area contributed by atoms with Crippen LogP contribution in [-0.2, 0) is 9.53 Å². The Morgan fingerprint density at radius 3 is 2.60 bits per heavy atom. The molecule has 0 saturated carbocycles. The molecule has 4 nitrogen and oxygen atoms in total. The van der Waals surface area contributed by atoms with Crippen LogP contribution in [0.2, 0.25) is 0 Å². The topological polar surface area (TPSA) is 41.6 Å². The fourth-order valence-corrected chi connectivity index (χ4v) is 3.23. The summed E-state index contributed by atoms with van der Waals surface area (Å²) >= 11 is 0. The number of hydrogen-bond donors (Lipinski definition) is 1. The molecule has 0 spiro atoms. The Hall–Kier alpha value is -0.610. The van der Waals surface area contributed by atoms with Gasteiger partial charge in [-0.2, -0.15) is 0 Å². The third-order valence-corrected chi connectivity index (χ3v) is 4.38. The van der Waals surface area contributed by atoms with Crippen LogP contribution in [0.15, 0.2) is 0 Å². The Balaban J connectivity index is 1.84. The molecule has 116 valence electrons. The van der Waals surface area contributed by atoms with Crippen molar-refractivity contribution < 1.29 is 9.53 Å². The van der Waals surface area contributed by atoms with Gasteiger partial charge in [0.25, 0.3) is 0 Å². The summed E-state index contributed by atoms with van der Waals surface area (Å²) in [6.07, 6.45) is 4.02. The van der Waals surface area contributed by atoms with Gasteiger partial charge in [-0.15, -0.1) is 0 Å². The average molecular weight is 282 g/mol. The van der Waals surface area contributed by atoms with E-state index in [-0.39, 0.29) is 0 Å². The maximum Gasteiger partial charge on any atom is 0.222 e. The minimum Gasteiger partial charge on any atom is -0.381 e. The number of carbonyl (C=O) groups is 1. The van der Waals surface area contributed by atoms with Gasteiger partial charge in [-0.3, -0.25) is 4.79 Å². The highest BCUT2D eigenvalue weighted by Gasteiger charge is 2.25. The van der Waals surface area contributed by atoms with Gasteiger partial charge in [0.1, 0.15) is 0 Å². The van der Waals surface area contributed by atoms with Crippen molar-refractivity contribution in [2.45, 2.75) is 39.5 Å². The lowest BCUT2D eigenvalue weighted by atomic mass is 9.95. The molecule has 0 radical (unpaired) electrons. The van der Waals surface area contributed by atoms with Gasteiger partial charge in [-0.05, 0) is 50.1 Å². The van der Waals surface area contributed by atoms with Crippen molar-refractivity contribution in [3.05, 3.63) is 0 Å². The third-order valence-electron chi connectivity index (χ3n) is 4.38. The summed E-state index contributed by atoms with van der Waals surface area (Å²) in [5, 5.41) is 3.40. The molecule has 2 aliphatic heterocycles. The van der Waals surface area contributed by atoms with E-state index < -0.39 is 0 Å². The highest BCUT2D eigenvalue weighted by molar-refractivity contribution is 5.76. The number of hydrogen-bond acceptors (Lipinski definition) is 3. The van der Waals surface area contributed by atoms with Crippen molar-refractivity contribution in [2.24, 2.45) is 17.8 Å². The Bertz CT molecular complexity index is 295. The quantitative estimate of drug-likeness (QED) is 0.809. The summed E-state index contributed by atoms with van der Waals surface area (Å²) in [6.45, 7) is 10.1. The second kappa shape index (κ2) is 7.99. The highest BCUT2D eigenvalue weighted by Crippen LogP contribution is 2.21. The van der Waals surface area contributed by atoms with Crippen molar-refractivity contribution in [3.8, 4) is 0 Å². The molecule has 2 heterocycles. The summed E-state index contributed by atoms with van der Waals surface area (Å²) < 4.78 is 5.38. The van der Waals surface area contributed by atoms with E-state index in [1.54, 1.807) is 0 Å². The lowest BCUT2D eigenvalue weighted by molar-refractivity contribution is -0.134. The Kier molecular flexibility index (Phi) is 6.30. The zero-order valence-corrected chi connectivity index (χ0v) is 13.1. The van der Waals surface area contributed by atoms with Crippen molar-refractivity contribution in [1.29, 1.82) is 0 Å². The van der Waals surface area contributed by atoms with Gasteiger partial charge in [0, 0.05) is 32.7 Å². The molecule has 0 bridgehead atoms. The zero-order chi connectivity index (χ0) is 14.4.